The number of nitrogens with one attached hydrogen (secondary N) is 1. The number of hydrogen-bond acceptors (Lipinski definition) is 2. The van der Waals surface area contributed by atoms with Gasteiger partial charge in [-0.25, -0.2) is 4.98 Å². The molecule has 0 radical (unpaired) electrons. The van der Waals surface area contributed by atoms with Crippen LogP contribution in [-0.2, 0) is 4.79 Å². The molecule has 0 spiro atoms. The molecule has 0 fully saturated rings. The van der Waals surface area contributed by atoms with Crippen molar-refractivity contribution in [1.82, 2.24) is 9.38 Å². The molecular weight excluding hydrogens is 178 g/mol. The van der Waals surface area contributed by atoms with Crippen LogP contribution in [0.5, 0.6) is 0 Å². The lowest BCUT2D eigenvalue weighted by atomic mass is 10.4. The number of hydrogen-bond donors (Lipinski definition) is 1. The van der Waals surface area contributed by atoms with Crippen LogP contribution in [0, 0.1) is 6.92 Å². The van der Waals surface area contributed by atoms with E-state index >= 15 is 0 Å². The molecule has 1 N–H and O–H groups in total. The summed E-state index contributed by atoms with van der Waals surface area (Å²) in [6.07, 6.45) is 1.92. The summed E-state index contributed by atoms with van der Waals surface area (Å²) in [6, 6.07) is 5.77. The topological polar surface area (TPSA) is 46.4 Å². The zero-order chi connectivity index (χ0) is 10.1. The van der Waals surface area contributed by atoms with E-state index in [4.69, 9.17) is 0 Å². The highest BCUT2D eigenvalue weighted by Crippen LogP contribution is 2.16. The molecule has 0 saturated heterocycles. The first-order chi connectivity index (χ1) is 6.68. The first kappa shape index (κ1) is 8.74. The molecule has 0 unspecified atom stereocenters. The number of pyridine rings is 1. The van der Waals surface area contributed by atoms with Crippen molar-refractivity contribution in [1.29, 1.82) is 0 Å². The number of anilines is 1. The van der Waals surface area contributed by atoms with Crippen LogP contribution in [0.2, 0.25) is 0 Å². The van der Waals surface area contributed by atoms with Gasteiger partial charge in [0.25, 0.3) is 0 Å². The number of nitrogens with zero attached hydrogens (tertiary/aromatic N) is 2. The third kappa shape index (κ3) is 1.35. The number of aromatic nitrogens is 2. The molecule has 4 nitrogen and oxygen atoms in total. The van der Waals surface area contributed by atoms with E-state index in [1.807, 2.05) is 35.7 Å². The fraction of sp³-hybridized carbons (Fsp3) is 0.200. The number of fused-ring (bicyclic) bond motifs is 1. The van der Waals surface area contributed by atoms with Crippen molar-refractivity contribution < 1.29 is 4.79 Å². The molecule has 0 aliphatic heterocycles. The van der Waals surface area contributed by atoms with Crippen molar-refractivity contribution in [2.45, 2.75) is 13.8 Å². The quantitative estimate of drug-likeness (QED) is 0.740. The molecule has 0 aromatic carbocycles. The van der Waals surface area contributed by atoms with Gasteiger partial charge in [0.05, 0.1) is 5.52 Å². The van der Waals surface area contributed by atoms with Gasteiger partial charge >= 0.3 is 0 Å². The molecule has 1 amide bonds. The molecule has 0 saturated carbocycles. The highest BCUT2D eigenvalue weighted by Gasteiger charge is 2.07. The molecule has 14 heavy (non-hydrogen) atoms. The fourth-order valence-corrected chi connectivity index (χ4v) is 1.45. The van der Waals surface area contributed by atoms with Crippen LogP contribution in [0.4, 0.5) is 5.82 Å². The average Bonchev–Trinajstić information content (AvgIpc) is 2.44. The molecule has 0 bridgehead atoms. The Labute approximate surface area is 81.6 Å². The average molecular weight is 189 g/mol. The molecule has 2 aromatic heterocycles. The summed E-state index contributed by atoms with van der Waals surface area (Å²) < 4.78 is 1.94. The fourth-order valence-electron chi connectivity index (χ4n) is 1.45. The molecule has 2 heterocycles. The molecule has 0 aliphatic carbocycles. The van der Waals surface area contributed by atoms with Crippen LogP contribution in [0.1, 0.15) is 12.7 Å². The monoisotopic (exact) mass is 189 g/mol. The van der Waals surface area contributed by atoms with Crippen molar-refractivity contribution >= 4 is 17.2 Å². The van der Waals surface area contributed by atoms with E-state index in [-0.39, 0.29) is 5.91 Å². The Morgan fingerprint density at radius 1 is 1.50 bits per heavy atom. The number of rotatable bonds is 1. The minimum atomic E-state index is -0.103. The summed E-state index contributed by atoms with van der Waals surface area (Å²) in [7, 11) is 0. The maximum atomic E-state index is 10.9. The van der Waals surface area contributed by atoms with Gasteiger partial charge in [0.15, 0.2) is 5.82 Å². The van der Waals surface area contributed by atoms with Crippen molar-refractivity contribution in [2.24, 2.45) is 0 Å². The van der Waals surface area contributed by atoms with Crippen LogP contribution < -0.4 is 5.32 Å². The normalized spacial score (nSPS) is 10.4. The SMILES string of the molecule is CC(=O)Nc1nc(C)n2ccccc12. The van der Waals surface area contributed by atoms with E-state index in [2.05, 4.69) is 10.3 Å². The number of carbonyl (C=O) groups is 1. The van der Waals surface area contributed by atoms with Gasteiger partial charge in [0.2, 0.25) is 5.91 Å². The first-order valence-electron chi connectivity index (χ1n) is 4.40. The number of carbonyl (C=O) groups excluding carboxylic acids is 1. The standard InChI is InChI=1S/C10H11N3O/c1-7-11-10(12-8(2)14)9-5-3-4-6-13(7)9/h3-6H,1-2H3,(H,12,14). The summed E-state index contributed by atoms with van der Waals surface area (Å²) in [4.78, 5) is 15.2. The smallest absolute Gasteiger partial charge is 0.222 e. The summed E-state index contributed by atoms with van der Waals surface area (Å²) in [5, 5.41) is 2.70. The van der Waals surface area contributed by atoms with E-state index in [0.29, 0.717) is 5.82 Å². The molecule has 4 heteroatoms. The second-order valence-electron chi connectivity index (χ2n) is 3.14. The van der Waals surface area contributed by atoms with Crippen LogP contribution in [0.15, 0.2) is 24.4 Å². The molecule has 0 aliphatic rings. The van der Waals surface area contributed by atoms with Crippen LogP contribution in [0.3, 0.4) is 0 Å². The van der Waals surface area contributed by atoms with Crippen molar-refractivity contribution in [2.75, 3.05) is 5.32 Å². The Kier molecular flexibility index (Phi) is 1.96. The molecule has 72 valence electrons. The van der Waals surface area contributed by atoms with E-state index in [0.717, 1.165) is 11.3 Å². The van der Waals surface area contributed by atoms with Crippen molar-refractivity contribution in [3.05, 3.63) is 30.2 Å². The van der Waals surface area contributed by atoms with Gasteiger partial charge in [-0.2, -0.15) is 0 Å². The van der Waals surface area contributed by atoms with Crippen LogP contribution in [-0.4, -0.2) is 15.3 Å². The Balaban J connectivity index is 2.60. The van der Waals surface area contributed by atoms with Gasteiger partial charge in [-0.1, -0.05) is 6.07 Å². The lowest BCUT2D eigenvalue weighted by Crippen LogP contribution is -2.06. The lowest BCUT2D eigenvalue weighted by Gasteiger charge is -1.97. The Morgan fingerprint density at radius 3 is 3.00 bits per heavy atom. The Hall–Kier alpha value is -1.84. The van der Waals surface area contributed by atoms with E-state index in [9.17, 15) is 4.79 Å². The van der Waals surface area contributed by atoms with Gasteiger partial charge in [-0.05, 0) is 19.1 Å². The molecule has 2 rings (SSSR count). The predicted octanol–water partition coefficient (Wildman–Crippen LogP) is 1.60. The van der Waals surface area contributed by atoms with Gasteiger partial charge in [0.1, 0.15) is 5.82 Å². The molecular formula is C10H11N3O. The summed E-state index contributed by atoms with van der Waals surface area (Å²) >= 11 is 0. The maximum Gasteiger partial charge on any atom is 0.222 e. The van der Waals surface area contributed by atoms with Gasteiger partial charge in [-0.3, -0.25) is 4.79 Å². The van der Waals surface area contributed by atoms with E-state index < -0.39 is 0 Å². The largest absolute Gasteiger partial charge is 0.309 e. The third-order valence-electron chi connectivity index (χ3n) is 2.02. The van der Waals surface area contributed by atoms with Crippen molar-refractivity contribution in [3.63, 3.8) is 0 Å². The zero-order valence-electron chi connectivity index (χ0n) is 8.11. The Bertz CT molecular complexity index is 487. The zero-order valence-corrected chi connectivity index (χ0v) is 8.11. The number of amides is 1. The second kappa shape index (κ2) is 3.14. The van der Waals surface area contributed by atoms with Crippen LogP contribution >= 0.6 is 0 Å². The van der Waals surface area contributed by atoms with Crippen molar-refractivity contribution in [3.8, 4) is 0 Å². The number of aryl methyl sites for hydroxylation is 1. The Morgan fingerprint density at radius 2 is 2.29 bits per heavy atom. The molecule has 2 aromatic rings. The minimum absolute atomic E-state index is 0.103. The second-order valence-corrected chi connectivity index (χ2v) is 3.14. The van der Waals surface area contributed by atoms with Crippen LogP contribution in [0.25, 0.3) is 5.52 Å². The lowest BCUT2D eigenvalue weighted by molar-refractivity contribution is -0.114. The minimum Gasteiger partial charge on any atom is -0.309 e. The highest BCUT2D eigenvalue weighted by atomic mass is 16.1. The summed E-state index contributed by atoms with van der Waals surface area (Å²) in [6.45, 7) is 3.38. The maximum absolute atomic E-state index is 10.9. The predicted molar refractivity (Wildman–Crippen MR) is 54.2 cm³/mol. The third-order valence-corrected chi connectivity index (χ3v) is 2.02. The van der Waals surface area contributed by atoms with Gasteiger partial charge in [0, 0.05) is 13.1 Å². The molecule has 0 atom stereocenters. The highest BCUT2D eigenvalue weighted by molar-refractivity contribution is 5.92. The van der Waals surface area contributed by atoms with Gasteiger partial charge < -0.3 is 9.72 Å². The summed E-state index contributed by atoms with van der Waals surface area (Å²) in [5.74, 6) is 1.38. The van der Waals surface area contributed by atoms with E-state index in [1.54, 1.807) is 0 Å². The first-order valence-corrected chi connectivity index (χ1v) is 4.40. The number of imidazole rings is 1. The van der Waals surface area contributed by atoms with E-state index in [1.165, 1.54) is 6.92 Å². The summed E-state index contributed by atoms with van der Waals surface area (Å²) in [5.41, 5.74) is 0.917. The van der Waals surface area contributed by atoms with Gasteiger partial charge in [-0.15, -0.1) is 0 Å².